The highest BCUT2D eigenvalue weighted by Gasteiger charge is 2.20. The molecular weight excluding hydrogens is 335 g/mol. The molecule has 2 heterocycles. The van der Waals surface area contributed by atoms with Gasteiger partial charge in [-0.15, -0.1) is 0 Å². The van der Waals surface area contributed by atoms with Gasteiger partial charge >= 0.3 is 0 Å². The van der Waals surface area contributed by atoms with Crippen LogP contribution in [0.2, 0.25) is 0 Å². The second-order valence-electron chi connectivity index (χ2n) is 6.53. The van der Waals surface area contributed by atoms with E-state index in [1.807, 2.05) is 19.1 Å². The summed E-state index contributed by atoms with van der Waals surface area (Å²) in [6.07, 6.45) is 2.29. The highest BCUT2D eigenvalue weighted by Crippen LogP contribution is 2.13. The van der Waals surface area contributed by atoms with Gasteiger partial charge in [-0.1, -0.05) is 25.1 Å². The maximum atomic E-state index is 13.8. The number of aromatic nitrogens is 1. The molecule has 1 aromatic heterocycles. The monoisotopic (exact) mass is 360 g/mol. The molecule has 1 fully saturated rings. The lowest BCUT2D eigenvalue weighted by molar-refractivity contribution is 0.0948. The van der Waals surface area contributed by atoms with Crippen LogP contribution < -0.4 is 5.32 Å². The normalized spacial score (nSPS) is 15.9. The minimum atomic E-state index is -0.198. The average Bonchev–Trinajstić information content (AvgIpc) is 3.12. The quantitative estimate of drug-likeness (QED) is 0.821. The van der Waals surface area contributed by atoms with Crippen LogP contribution in [0.4, 0.5) is 4.39 Å². The highest BCUT2D eigenvalue weighted by molar-refractivity contribution is 5.91. The maximum absolute atomic E-state index is 13.8. The van der Waals surface area contributed by atoms with Crippen molar-refractivity contribution < 1.29 is 13.6 Å². The summed E-state index contributed by atoms with van der Waals surface area (Å²) in [4.78, 5) is 20.6. The van der Waals surface area contributed by atoms with Crippen molar-refractivity contribution >= 4 is 5.91 Å². The van der Waals surface area contributed by atoms with Crippen molar-refractivity contribution in [3.05, 3.63) is 53.5 Å². The van der Waals surface area contributed by atoms with E-state index >= 15 is 0 Å². The average molecular weight is 360 g/mol. The molecule has 0 radical (unpaired) electrons. The molecule has 0 saturated carbocycles. The minimum absolute atomic E-state index is 0.149. The van der Waals surface area contributed by atoms with E-state index in [1.165, 1.54) is 12.3 Å². The molecule has 1 aromatic carbocycles. The van der Waals surface area contributed by atoms with E-state index in [0.29, 0.717) is 31.2 Å². The zero-order chi connectivity index (χ0) is 18.4. The first-order chi connectivity index (χ1) is 12.7. The highest BCUT2D eigenvalue weighted by atomic mass is 19.1. The van der Waals surface area contributed by atoms with E-state index in [2.05, 4.69) is 20.1 Å². The lowest BCUT2D eigenvalue weighted by atomic mass is 10.2. The van der Waals surface area contributed by atoms with Crippen molar-refractivity contribution in [2.45, 2.75) is 26.4 Å². The van der Waals surface area contributed by atoms with E-state index in [-0.39, 0.29) is 11.7 Å². The number of carbonyl (C=O) groups is 1. The van der Waals surface area contributed by atoms with E-state index in [4.69, 9.17) is 4.42 Å². The lowest BCUT2D eigenvalue weighted by Crippen LogP contribution is -2.45. The van der Waals surface area contributed by atoms with Gasteiger partial charge in [-0.05, 0) is 12.5 Å². The Balaban J connectivity index is 1.46. The van der Waals surface area contributed by atoms with Gasteiger partial charge in [0.25, 0.3) is 5.91 Å². The molecule has 3 rings (SSSR count). The third-order valence-electron chi connectivity index (χ3n) is 4.50. The number of rotatable bonds is 7. The minimum Gasteiger partial charge on any atom is -0.447 e. The Bertz CT molecular complexity index is 726. The molecule has 1 amide bonds. The van der Waals surface area contributed by atoms with Gasteiger partial charge in [0.05, 0.1) is 6.54 Å². The first kappa shape index (κ1) is 18.5. The van der Waals surface area contributed by atoms with E-state index in [0.717, 1.165) is 38.2 Å². The van der Waals surface area contributed by atoms with Crippen LogP contribution in [0.5, 0.6) is 0 Å². The zero-order valence-electron chi connectivity index (χ0n) is 15.1. The van der Waals surface area contributed by atoms with Gasteiger partial charge in [-0.25, -0.2) is 9.37 Å². The van der Waals surface area contributed by atoms with Crippen molar-refractivity contribution in [1.82, 2.24) is 20.1 Å². The van der Waals surface area contributed by atoms with Crippen LogP contribution in [0.3, 0.4) is 0 Å². The summed E-state index contributed by atoms with van der Waals surface area (Å²) in [6.45, 7) is 7.27. The van der Waals surface area contributed by atoms with Crippen molar-refractivity contribution in [3.8, 4) is 0 Å². The van der Waals surface area contributed by atoms with Gasteiger partial charge in [-0.3, -0.25) is 14.6 Å². The Morgan fingerprint density at radius 3 is 2.58 bits per heavy atom. The second kappa shape index (κ2) is 8.91. The predicted octanol–water partition coefficient (Wildman–Crippen LogP) is 2.27. The van der Waals surface area contributed by atoms with Crippen LogP contribution in [0.25, 0.3) is 0 Å². The molecule has 1 N–H and O–H groups in total. The first-order valence-corrected chi connectivity index (χ1v) is 9.06. The molecule has 7 heteroatoms. The van der Waals surface area contributed by atoms with Gasteiger partial charge in [0.2, 0.25) is 5.89 Å². The summed E-state index contributed by atoms with van der Waals surface area (Å²) >= 11 is 0. The Hall–Kier alpha value is -2.25. The zero-order valence-corrected chi connectivity index (χ0v) is 15.1. The van der Waals surface area contributed by atoms with Crippen molar-refractivity contribution in [2.24, 2.45) is 0 Å². The van der Waals surface area contributed by atoms with E-state index in [1.54, 1.807) is 6.07 Å². The molecule has 1 saturated heterocycles. The number of halogens is 1. The summed E-state index contributed by atoms with van der Waals surface area (Å²) in [5.41, 5.74) is 1.06. The molecule has 26 heavy (non-hydrogen) atoms. The maximum Gasteiger partial charge on any atom is 0.273 e. The molecule has 0 bridgehead atoms. The molecule has 0 atom stereocenters. The third kappa shape index (κ3) is 4.89. The topological polar surface area (TPSA) is 61.6 Å². The van der Waals surface area contributed by atoms with Crippen molar-refractivity contribution in [3.63, 3.8) is 0 Å². The molecule has 140 valence electrons. The Labute approximate surface area is 153 Å². The fraction of sp³-hybridized carbons (Fsp3) is 0.474. The Morgan fingerprint density at radius 1 is 1.19 bits per heavy atom. The van der Waals surface area contributed by atoms with Gasteiger partial charge in [-0.2, -0.15) is 0 Å². The summed E-state index contributed by atoms with van der Waals surface area (Å²) in [7, 11) is 0. The molecule has 2 aromatic rings. The smallest absolute Gasteiger partial charge is 0.273 e. The summed E-state index contributed by atoms with van der Waals surface area (Å²) < 4.78 is 19.2. The summed E-state index contributed by atoms with van der Waals surface area (Å²) in [6, 6.07) is 6.91. The number of nitrogens with zero attached hydrogens (tertiary/aromatic N) is 3. The number of amides is 1. The number of carbonyl (C=O) groups excluding carboxylic acids is 1. The van der Waals surface area contributed by atoms with Gasteiger partial charge in [0, 0.05) is 44.8 Å². The Kier molecular flexibility index (Phi) is 6.35. The van der Waals surface area contributed by atoms with Crippen molar-refractivity contribution in [2.75, 3.05) is 32.7 Å². The third-order valence-corrected chi connectivity index (χ3v) is 4.50. The molecule has 0 spiro atoms. The van der Waals surface area contributed by atoms with Crippen LogP contribution in [-0.4, -0.2) is 53.4 Å². The first-order valence-electron chi connectivity index (χ1n) is 9.06. The summed E-state index contributed by atoms with van der Waals surface area (Å²) in [5.74, 6) is 0.203. The predicted molar refractivity (Wildman–Crippen MR) is 96.1 cm³/mol. The van der Waals surface area contributed by atoms with E-state index in [9.17, 15) is 9.18 Å². The standard InChI is InChI=1S/C19H25FN4O2/c1-2-7-21-19(25)17-14-26-18(22-17)13-24-10-8-23(9-11-24)12-15-5-3-4-6-16(15)20/h3-6,14H,2,7-13H2,1H3,(H,21,25). The second-order valence-corrected chi connectivity index (χ2v) is 6.53. The fourth-order valence-corrected chi connectivity index (χ4v) is 2.98. The fourth-order valence-electron chi connectivity index (χ4n) is 2.98. The largest absolute Gasteiger partial charge is 0.447 e. The van der Waals surface area contributed by atoms with Crippen molar-refractivity contribution in [1.29, 1.82) is 0 Å². The van der Waals surface area contributed by atoms with Crippen LogP contribution in [0.1, 0.15) is 35.3 Å². The molecule has 1 aliphatic rings. The summed E-state index contributed by atoms with van der Waals surface area (Å²) in [5, 5.41) is 2.79. The molecule has 1 aliphatic heterocycles. The molecular formula is C19H25FN4O2. The molecule has 0 unspecified atom stereocenters. The van der Waals surface area contributed by atoms with Gasteiger partial charge in [0.1, 0.15) is 12.1 Å². The van der Waals surface area contributed by atoms with Gasteiger partial charge < -0.3 is 9.73 Å². The number of hydrogen-bond donors (Lipinski definition) is 1. The van der Waals surface area contributed by atoms with Crippen LogP contribution in [0.15, 0.2) is 34.9 Å². The van der Waals surface area contributed by atoms with Crippen LogP contribution >= 0.6 is 0 Å². The lowest BCUT2D eigenvalue weighted by Gasteiger charge is -2.34. The van der Waals surface area contributed by atoms with Gasteiger partial charge in [0.15, 0.2) is 5.69 Å². The van der Waals surface area contributed by atoms with Crippen LogP contribution in [-0.2, 0) is 13.1 Å². The van der Waals surface area contributed by atoms with Crippen LogP contribution in [0, 0.1) is 5.82 Å². The molecule has 0 aliphatic carbocycles. The Morgan fingerprint density at radius 2 is 1.88 bits per heavy atom. The number of piperazine rings is 1. The number of nitrogens with one attached hydrogen (secondary N) is 1. The number of benzene rings is 1. The number of oxazole rings is 1. The SMILES string of the molecule is CCCNC(=O)c1coc(CN2CCN(Cc3ccccc3F)CC2)n1. The van der Waals surface area contributed by atoms with E-state index < -0.39 is 0 Å². The number of hydrogen-bond acceptors (Lipinski definition) is 5. The molecule has 6 nitrogen and oxygen atoms in total.